The van der Waals surface area contributed by atoms with Gasteiger partial charge in [0.05, 0.1) is 17.9 Å². The minimum atomic E-state index is -0.0332. The molecule has 0 spiro atoms. The van der Waals surface area contributed by atoms with Crippen LogP contribution in [0.25, 0.3) is 0 Å². The van der Waals surface area contributed by atoms with Gasteiger partial charge >= 0.3 is 0 Å². The maximum atomic E-state index is 5.70. The van der Waals surface area contributed by atoms with E-state index in [1.807, 2.05) is 17.8 Å². The summed E-state index contributed by atoms with van der Waals surface area (Å²) >= 11 is 0. The summed E-state index contributed by atoms with van der Waals surface area (Å²) in [6.45, 7) is 2.70. The van der Waals surface area contributed by atoms with Crippen LogP contribution in [-0.2, 0) is 0 Å². The first kappa shape index (κ1) is 9.61. The Morgan fingerprint density at radius 1 is 1.64 bits per heavy atom. The van der Waals surface area contributed by atoms with Crippen molar-refractivity contribution in [1.29, 1.82) is 0 Å². The van der Waals surface area contributed by atoms with E-state index < -0.39 is 0 Å². The molecule has 1 aromatic heterocycles. The van der Waals surface area contributed by atoms with Gasteiger partial charge in [-0.25, -0.2) is 4.68 Å². The summed E-state index contributed by atoms with van der Waals surface area (Å²) in [6, 6.07) is 0.456. The molecule has 2 rings (SSSR count). The number of nitrogens with two attached hydrogens (primary N) is 2. The minimum absolute atomic E-state index is 0.0332. The highest BCUT2D eigenvalue weighted by atomic mass is 15.4. The highest BCUT2D eigenvalue weighted by Gasteiger charge is 2.30. The van der Waals surface area contributed by atoms with Gasteiger partial charge in [-0.2, -0.15) is 0 Å². The Labute approximate surface area is 83.5 Å². The molecule has 14 heavy (non-hydrogen) atoms. The summed E-state index contributed by atoms with van der Waals surface area (Å²) in [7, 11) is 0. The normalized spacial score (nSPS) is 28.5. The molecule has 1 aliphatic carbocycles. The van der Waals surface area contributed by atoms with Crippen LogP contribution in [0.1, 0.15) is 37.5 Å². The van der Waals surface area contributed by atoms with Gasteiger partial charge in [-0.1, -0.05) is 5.21 Å². The second kappa shape index (κ2) is 3.67. The maximum absolute atomic E-state index is 5.70. The number of hydrogen-bond acceptors (Lipinski definition) is 4. The van der Waals surface area contributed by atoms with Crippen molar-refractivity contribution in [3.05, 3.63) is 11.9 Å². The molecule has 4 N–H and O–H groups in total. The fourth-order valence-electron chi connectivity index (χ4n) is 1.79. The maximum Gasteiger partial charge on any atom is 0.0991 e. The Hall–Kier alpha value is -0.940. The van der Waals surface area contributed by atoms with Crippen molar-refractivity contribution < 1.29 is 0 Å². The van der Waals surface area contributed by atoms with Gasteiger partial charge in [-0.15, -0.1) is 5.10 Å². The van der Waals surface area contributed by atoms with Gasteiger partial charge in [0.2, 0.25) is 0 Å². The van der Waals surface area contributed by atoms with Crippen LogP contribution < -0.4 is 11.5 Å². The van der Waals surface area contributed by atoms with Crippen molar-refractivity contribution in [2.75, 3.05) is 6.54 Å². The van der Waals surface area contributed by atoms with Crippen LogP contribution in [0.3, 0.4) is 0 Å². The smallest absolute Gasteiger partial charge is 0.0991 e. The summed E-state index contributed by atoms with van der Waals surface area (Å²) in [5.41, 5.74) is 12.1. The average Bonchev–Trinajstić information content (AvgIpc) is 2.51. The molecule has 1 aliphatic rings. The Morgan fingerprint density at radius 3 is 2.86 bits per heavy atom. The van der Waals surface area contributed by atoms with Gasteiger partial charge < -0.3 is 11.5 Å². The van der Waals surface area contributed by atoms with Crippen LogP contribution in [0.15, 0.2) is 6.20 Å². The lowest BCUT2D eigenvalue weighted by Crippen LogP contribution is -2.32. The molecular formula is C9H17N5. The number of rotatable bonds is 3. The zero-order chi connectivity index (χ0) is 10.1. The van der Waals surface area contributed by atoms with E-state index in [-0.39, 0.29) is 6.04 Å². The van der Waals surface area contributed by atoms with E-state index in [0.717, 1.165) is 25.1 Å². The number of nitrogens with zero attached hydrogens (tertiary/aromatic N) is 3. The first-order valence-corrected chi connectivity index (χ1v) is 5.08. The highest BCUT2D eigenvalue weighted by molar-refractivity contribution is 4.99. The third kappa shape index (κ3) is 1.65. The van der Waals surface area contributed by atoms with Crippen LogP contribution in [0, 0.1) is 5.92 Å². The van der Waals surface area contributed by atoms with E-state index >= 15 is 0 Å². The summed E-state index contributed by atoms with van der Waals surface area (Å²) in [4.78, 5) is 0. The highest BCUT2D eigenvalue weighted by Crippen LogP contribution is 2.36. The molecule has 78 valence electrons. The molecule has 1 aromatic rings. The second-order valence-corrected chi connectivity index (χ2v) is 4.14. The zero-order valence-electron chi connectivity index (χ0n) is 8.43. The molecule has 1 fully saturated rings. The molecular weight excluding hydrogens is 178 g/mol. The molecule has 0 radical (unpaired) electrons. The van der Waals surface area contributed by atoms with E-state index in [0.29, 0.717) is 12.0 Å². The monoisotopic (exact) mass is 195 g/mol. The largest absolute Gasteiger partial charge is 0.330 e. The van der Waals surface area contributed by atoms with Crippen molar-refractivity contribution in [3.63, 3.8) is 0 Å². The van der Waals surface area contributed by atoms with E-state index in [4.69, 9.17) is 11.5 Å². The van der Waals surface area contributed by atoms with Crippen LogP contribution >= 0.6 is 0 Å². The molecule has 5 nitrogen and oxygen atoms in total. The molecule has 1 saturated carbocycles. The number of hydrogen-bond donors (Lipinski definition) is 2. The first-order valence-electron chi connectivity index (χ1n) is 5.08. The molecule has 1 atom stereocenters. The topological polar surface area (TPSA) is 82.8 Å². The van der Waals surface area contributed by atoms with Gasteiger partial charge in [-0.05, 0) is 32.2 Å². The van der Waals surface area contributed by atoms with E-state index in [2.05, 4.69) is 10.3 Å². The van der Waals surface area contributed by atoms with E-state index in [1.165, 1.54) is 0 Å². The molecule has 1 heterocycles. The Morgan fingerprint density at radius 2 is 2.36 bits per heavy atom. The summed E-state index contributed by atoms with van der Waals surface area (Å²) < 4.78 is 1.92. The molecule has 0 saturated heterocycles. The van der Waals surface area contributed by atoms with Crippen molar-refractivity contribution in [2.24, 2.45) is 17.4 Å². The van der Waals surface area contributed by atoms with Crippen molar-refractivity contribution in [1.82, 2.24) is 15.0 Å². The predicted molar refractivity (Wildman–Crippen MR) is 53.4 cm³/mol. The fourth-order valence-corrected chi connectivity index (χ4v) is 1.79. The van der Waals surface area contributed by atoms with Crippen LogP contribution in [0.5, 0.6) is 0 Å². The zero-order valence-corrected chi connectivity index (χ0v) is 8.43. The first-order chi connectivity index (χ1) is 6.70. The standard InChI is InChI=1S/C9H17N5/c1-6(11)9-5-14(13-12-9)8-2-7(3-8)4-10/h5-8H,2-4,10-11H2,1H3. The molecule has 0 amide bonds. The Bertz CT molecular complexity index is 300. The molecule has 0 aliphatic heterocycles. The van der Waals surface area contributed by atoms with E-state index in [1.54, 1.807) is 0 Å². The Balaban J connectivity index is 1.98. The van der Waals surface area contributed by atoms with Crippen LogP contribution in [0.4, 0.5) is 0 Å². The van der Waals surface area contributed by atoms with Crippen molar-refractivity contribution >= 4 is 0 Å². The van der Waals surface area contributed by atoms with Crippen LogP contribution in [-0.4, -0.2) is 21.5 Å². The summed E-state index contributed by atoms with van der Waals surface area (Å²) in [5, 5.41) is 8.10. The summed E-state index contributed by atoms with van der Waals surface area (Å²) in [6.07, 6.45) is 4.19. The lowest BCUT2D eigenvalue weighted by Gasteiger charge is -2.33. The molecule has 0 aromatic carbocycles. The SMILES string of the molecule is CC(N)c1cn(C2CC(CN)C2)nn1. The third-order valence-corrected chi connectivity index (χ3v) is 2.91. The van der Waals surface area contributed by atoms with Gasteiger partial charge in [0.25, 0.3) is 0 Å². The number of aromatic nitrogens is 3. The minimum Gasteiger partial charge on any atom is -0.330 e. The lowest BCUT2D eigenvalue weighted by atomic mass is 9.80. The quantitative estimate of drug-likeness (QED) is 0.722. The van der Waals surface area contributed by atoms with Gasteiger partial charge in [0, 0.05) is 6.04 Å². The Kier molecular flexibility index (Phi) is 2.52. The second-order valence-electron chi connectivity index (χ2n) is 4.14. The summed E-state index contributed by atoms with van der Waals surface area (Å²) in [5.74, 6) is 0.669. The van der Waals surface area contributed by atoms with Crippen LogP contribution in [0.2, 0.25) is 0 Å². The van der Waals surface area contributed by atoms with Crippen molar-refractivity contribution in [2.45, 2.75) is 31.8 Å². The van der Waals surface area contributed by atoms with Gasteiger partial charge in [0.1, 0.15) is 0 Å². The average molecular weight is 195 g/mol. The fraction of sp³-hybridized carbons (Fsp3) is 0.778. The van der Waals surface area contributed by atoms with Crippen molar-refractivity contribution in [3.8, 4) is 0 Å². The van der Waals surface area contributed by atoms with Gasteiger partial charge in [-0.3, -0.25) is 0 Å². The van der Waals surface area contributed by atoms with Gasteiger partial charge in [0.15, 0.2) is 0 Å². The molecule has 1 unspecified atom stereocenters. The van der Waals surface area contributed by atoms with E-state index in [9.17, 15) is 0 Å². The third-order valence-electron chi connectivity index (χ3n) is 2.91. The molecule has 5 heteroatoms. The predicted octanol–water partition coefficient (Wildman–Crippen LogP) is 0.208. The lowest BCUT2D eigenvalue weighted by molar-refractivity contribution is 0.187. The molecule has 0 bridgehead atoms.